The lowest BCUT2D eigenvalue weighted by atomic mass is 10.1. The Morgan fingerprint density at radius 2 is 1.90 bits per heavy atom. The van der Waals surface area contributed by atoms with Crippen LogP contribution in [0.4, 0.5) is 0 Å². The van der Waals surface area contributed by atoms with Crippen LogP contribution in [0.5, 0.6) is 11.5 Å². The second-order valence-electron chi connectivity index (χ2n) is 6.22. The number of hydrogen-bond acceptors (Lipinski definition) is 8. The molecule has 0 fully saturated rings. The summed E-state index contributed by atoms with van der Waals surface area (Å²) in [7, 11) is 0. The molecule has 5 rings (SSSR count). The number of nitrogens with zero attached hydrogens (tertiary/aromatic N) is 1. The van der Waals surface area contributed by atoms with Crippen LogP contribution in [-0.4, -0.2) is 30.1 Å². The molecule has 3 heterocycles. The van der Waals surface area contributed by atoms with Gasteiger partial charge in [0.05, 0.1) is 10.2 Å². The molecule has 2 aromatic carbocycles. The van der Waals surface area contributed by atoms with E-state index < -0.39 is 12.6 Å². The van der Waals surface area contributed by atoms with E-state index in [0.717, 1.165) is 10.2 Å². The lowest BCUT2D eigenvalue weighted by Crippen LogP contribution is -2.13. The summed E-state index contributed by atoms with van der Waals surface area (Å²) in [4.78, 5) is 29.0. The first kappa shape index (κ1) is 17.4. The van der Waals surface area contributed by atoms with Crippen LogP contribution in [0.25, 0.3) is 21.0 Å². The van der Waals surface area contributed by atoms with E-state index in [4.69, 9.17) is 18.6 Å². The molecule has 0 amide bonds. The number of fused-ring (bicyclic) bond motifs is 2. The number of Topliss-reactive ketones (excluding diaryl/α,β-unsaturated/α-hetero) is 1. The first-order valence-electron chi connectivity index (χ1n) is 8.73. The summed E-state index contributed by atoms with van der Waals surface area (Å²) in [6.45, 7) is -0.285. The van der Waals surface area contributed by atoms with Gasteiger partial charge in [-0.2, -0.15) is 0 Å². The smallest absolute Gasteiger partial charge is 0.374 e. The average molecular weight is 407 g/mol. The number of furan rings is 1. The molecule has 0 unspecified atom stereocenters. The predicted molar refractivity (Wildman–Crippen MR) is 105 cm³/mol. The fourth-order valence-electron chi connectivity index (χ4n) is 2.90. The van der Waals surface area contributed by atoms with Crippen molar-refractivity contribution >= 4 is 33.3 Å². The molecule has 7 nitrogen and oxygen atoms in total. The molecule has 4 aromatic rings. The molecule has 0 aliphatic carbocycles. The van der Waals surface area contributed by atoms with Gasteiger partial charge in [0, 0.05) is 5.56 Å². The number of thiazole rings is 1. The van der Waals surface area contributed by atoms with Gasteiger partial charge in [0.25, 0.3) is 0 Å². The van der Waals surface area contributed by atoms with Crippen molar-refractivity contribution in [2.75, 3.05) is 13.4 Å². The van der Waals surface area contributed by atoms with Gasteiger partial charge >= 0.3 is 5.97 Å². The molecule has 0 saturated carbocycles. The van der Waals surface area contributed by atoms with Crippen LogP contribution in [-0.2, 0) is 4.74 Å². The highest BCUT2D eigenvalue weighted by Gasteiger charge is 2.20. The van der Waals surface area contributed by atoms with Gasteiger partial charge in [-0.05, 0) is 42.5 Å². The summed E-state index contributed by atoms with van der Waals surface area (Å²) in [5.74, 6) is 0.490. The first-order chi connectivity index (χ1) is 14.2. The quantitative estimate of drug-likeness (QED) is 0.359. The Labute approximate surface area is 168 Å². The zero-order chi connectivity index (χ0) is 19.8. The summed E-state index contributed by atoms with van der Waals surface area (Å²) >= 11 is 1.47. The number of esters is 1. The van der Waals surface area contributed by atoms with Crippen LogP contribution in [0.2, 0.25) is 0 Å². The van der Waals surface area contributed by atoms with Gasteiger partial charge in [-0.25, -0.2) is 9.78 Å². The molecule has 0 radical (unpaired) electrons. The Morgan fingerprint density at radius 3 is 2.79 bits per heavy atom. The van der Waals surface area contributed by atoms with E-state index >= 15 is 0 Å². The number of rotatable bonds is 5. The Balaban J connectivity index is 1.26. The number of carbonyl (C=O) groups excluding carboxylic acids is 2. The molecule has 0 bridgehead atoms. The lowest BCUT2D eigenvalue weighted by molar-refractivity contribution is 0.0445. The Morgan fingerprint density at radius 1 is 1.03 bits per heavy atom. The molecular weight excluding hydrogens is 394 g/mol. The first-order valence-corrected chi connectivity index (χ1v) is 9.55. The Hall–Kier alpha value is -3.65. The van der Waals surface area contributed by atoms with Crippen molar-refractivity contribution in [2.24, 2.45) is 0 Å². The van der Waals surface area contributed by atoms with Gasteiger partial charge in [0.2, 0.25) is 12.6 Å². The van der Waals surface area contributed by atoms with Crippen molar-refractivity contribution < 1.29 is 28.2 Å². The summed E-state index contributed by atoms with van der Waals surface area (Å²) in [6.07, 6.45) is 0. The van der Waals surface area contributed by atoms with Crippen molar-refractivity contribution in [3.8, 4) is 22.3 Å². The van der Waals surface area contributed by atoms with E-state index in [-0.39, 0.29) is 18.3 Å². The highest BCUT2D eigenvalue weighted by atomic mass is 32.1. The maximum Gasteiger partial charge on any atom is 0.374 e. The number of hydrogen-bond donors (Lipinski definition) is 0. The third-order valence-electron chi connectivity index (χ3n) is 4.34. The molecule has 1 aliphatic rings. The Kier molecular flexibility index (Phi) is 4.25. The highest BCUT2D eigenvalue weighted by molar-refractivity contribution is 7.21. The summed E-state index contributed by atoms with van der Waals surface area (Å²) in [5.41, 5.74) is 1.24. The van der Waals surface area contributed by atoms with Crippen molar-refractivity contribution in [1.82, 2.24) is 4.98 Å². The number of para-hydroxylation sites is 1. The average Bonchev–Trinajstić information content (AvgIpc) is 3.49. The molecular formula is C21H13NO6S. The van der Waals surface area contributed by atoms with Crippen LogP contribution in [0, 0.1) is 0 Å². The van der Waals surface area contributed by atoms with Crippen molar-refractivity contribution in [3.05, 3.63) is 65.9 Å². The third kappa shape index (κ3) is 3.34. The predicted octanol–water partition coefficient (Wildman–Crippen LogP) is 4.32. The molecule has 1 aliphatic heterocycles. The number of benzene rings is 2. The minimum absolute atomic E-state index is 0.0118. The van der Waals surface area contributed by atoms with E-state index in [1.165, 1.54) is 17.4 Å². The van der Waals surface area contributed by atoms with Crippen LogP contribution in [0.15, 0.2) is 59.0 Å². The van der Waals surface area contributed by atoms with Crippen molar-refractivity contribution in [1.29, 1.82) is 0 Å². The van der Waals surface area contributed by atoms with E-state index in [1.807, 2.05) is 24.3 Å². The van der Waals surface area contributed by atoms with E-state index in [0.29, 0.717) is 27.8 Å². The molecule has 29 heavy (non-hydrogen) atoms. The van der Waals surface area contributed by atoms with Gasteiger partial charge < -0.3 is 18.6 Å². The number of aromatic nitrogens is 1. The fourth-order valence-corrected chi connectivity index (χ4v) is 3.82. The van der Waals surface area contributed by atoms with Gasteiger partial charge in [-0.1, -0.05) is 12.1 Å². The van der Waals surface area contributed by atoms with E-state index in [1.54, 1.807) is 24.3 Å². The van der Waals surface area contributed by atoms with Gasteiger partial charge in [-0.15, -0.1) is 11.3 Å². The lowest BCUT2D eigenvalue weighted by Gasteiger charge is -2.04. The minimum Gasteiger partial charge on any atom is -0.454 e. The molecule has 2 aromatic heterocycles. The summed E-state index contributed by atoms with van der Waals surface area (Å²) in [6, 6.07) is 15.7. The van der Waals surface area contributed by atoms with Crippen LogP contribution >= 0.6 is 11.3 Å². The zero-order valence-electron chi connectivity index (χ0n) is 14.9. The van der Waals surface area contributed by atoms with Gasteiger partial charge in [0.15, 0.2) is 34.7 Å². The summed E-state index contributed by atoms with van der Waals surface area (Å²) < 4.78 is 22.2. The number of carbonyl (C=O) groups is 2. The largest absolute Gasteiger partial charge is 0.454 e. The fraction of sp³-hybridized carbons (Fsp3) is 0.0952. The molecule has 144 valence electrons. The second-order valence-corrected chi connectivity index (χ2v) is 7.25. The summed E-state index contributed by atoms with van der Waals surface area (Å²) in [5, 5.41) is 0.668. The normalized spacial score (nSPS) is 12.3. The van der Waals surface area contributed by atoms with Gasteiger partial charge in [-0.3, -0.25) is 4.79 Å². The van der Waals surface area contributed by atoms with Crippen LogP contribution in [0.3, 0.4) is 0 Å². The van der Waals surface area contributed by atoms with Crippen molar-refractivity contribution in [3.63, 3.8) is 0 Å². The maximum atomic E-state index is 12.3. The monoisotopic (exact) mass is 407 g/mol. The highest BCUT2D eigenvalue weighted by Crippen LogP contribution is 2.33. The van der Waals surface area contributed by atoms with Crippen LogP contribution in [0.1, 0.15) is 20.9 Å². The SMILES string of the molecule is O=C(COC(=O)c1ccc(-c2nc3ccccc3s2)o1)c1ccc2c(c1)OCO2. The zero-order valence-corrected chi connectivity index (χ0v) is 15.7. The number of ether oxygens (including phenoxy) is 3. The minimum atomic E-state index is -0.716. The number of ketones is 1. The second kappa shape index (κ2) is 7.06. The third-order valence-corrected chi connectivity index (χ3v) is 5.39. The topological polar surface area (TPSA) is 87.9 Å². The molecule has 0 spiro atoms. The van der Waals surface area contributed by atoms with Gasteiger partial charge in [0.1, 0.15) is 0 Å². The maximum absolute atomic E-state index is 12.3. The van der Waals surface area contributed by atoms with Crippen LogP contribution < -0.4 is 9.47 Å². The van der Waals surface area contributed by atoms with Crippen molar-refractivity contribution in [2.45, 2.75) is 0 Å². The molecule has 0 atom stereocenters. The Bertz CT molecular complexity index is 1210. The molecule has 0 saturated heterocycles. The standard InChI is InChI=1S/C21H13NO6S/c23-14(12-5-6-15-18(9-12)27-11-26-15)10-25-21(24)17-8-7-16(28-17)20-22-13-3-1-2-4-19(13)29-20/h1-9H,10-11H2. The molecule has 0 N–H and O–H groups in total. The van der Waals surface area contributed by atoms with E-state index in [9.17, 15) is 9.59 Å². The molecule has 8 heteroatoms. The van der Waals surface area contributed by atoms with E-state index in [2.05, 4.69) is 4.98 Å².